The lowest BCUT2D eigenvalue weighted by Crippen LogP contribution is -2.36. The molecule has 1 rings (SSSR count). The highest BCUT2D eigenvalue weighted by atomic mass is 16.1. The molecule has 3 heteroatoms. The van der Waals surface area contributed by atoms with Crippen molar-refractivity contribution < 1.29 is 4.79 Å². The van der Waals surface area contributed by atoms with E-state index in [4.69, 9.17) is 5.26 Å². The maximum atomic E-state index is 11.2. The van der Waals surface area contributed by atoms with Crippen molar-refractivity contribution in [3.63, 3.8) is 0 Å². The van der Waals surface area contributed by atoms with Gasteiger partial charge in [-0.2, -0.15) is 5.26 Å². The molecule has 0 aromatic rings. The van der Waals surface area contributed by atoms with E-state index < -0.39 is 0 Å². The normalized spacial score (nSPS) is 18.9. The van der Waals surface area contributed by atoms with Gasteiger partial charge in [0, 0.05) is 5.92 Å². The molecule has 17 heavy (non-hydrogen) atoms. The fourth-order valence-electron chi connectivity index (χ4n) is 2.36. The van der Waals surface area contributed by atoms with Crippen LogP contribution < -0.4 is 0 Å². The molecule has 0 unspecified atom stereocenters. The third-order valence-electron chi connectivity index (χ3n) is 3.74. The Morgan fingerprint density at radius 3 is 2.47 bits per heavy atom. The smallest absolute Gasteiger partial charge is 0.133 e. The first-order valence-corrected chi connectivity index (χ1v) is 6.59. The maximum Gasteiger partial charge on any atom is 0.133 e. The van der Waals surface area contributed by atoms with Crippen LogP contribution in [0.4, 0.5) is 0 Å². The SMILES string of the molecule is CC(=O)C1CCN(CCCC(C)(C)C#N)CC1. The van der Waals surface area contributed by atoms with Crippen LogP contribution in [0.15, 0.2) is 0 Å². The predicted molar refractivity (Wildman–Crippen MR) is 68.5 cm³/mol. The van der Waals surface area contributed by atoms with Crippen LogP contribution in [0.25, 0.3) is 0 Å². The number of Topliss-reactive ketones (excluding diaryl/α,β-unsaturated/α-hetero) is 1. The summed E-state index contributed by atoms with van der Waals surface area (Å²) >= 11 is 0. The number of carbonyl (C=O) groups is 1. The number of hydrogen-bond donors (Lipinski definition) is 0. The molecular formula is C14H24N2O. The van der Waals surface area contributed by atoms with Gasteiger partial charge in [-0.05, 0) is 66.1 Å². The minimum absolute atomic E-state index is 0.197. The zero-order valence-corrected chi connectivity index (χ0v) is 11.3. The van der Waals surface area contributed by atoms with Gasteiger partial charge in [-0.25, -0.2) is 0 Å². The Hall–Kier alpha value is -0.880. The van der Waals surface area contributed by atoms with Crippen LogP contribution in [0.3, 0.4) is 0 Å². The van der Waals surface area contributed by atoms with Crippen LogP contribution in [0, 0.1) is 22.7 Å². The third-order valence-corrected chi connectivity index (χ3v) is 3.74. The van der Waals surface area contributed by atoms with Crippen molar-refractivity contribution in [3.05, 3.63) is 0 Å². The van der Waals surface area contributed by atoms with Gasteiger partial charge in [0.15, 0.2) is 0 Å². The van der Waals surface area contributed by atoms with Crippen molar-refractivity contribution in [1.29, 1.82) is 5.26 Å². The molecule has 0 N–H and O–H groups in total. The number of piperidine rings is 1. The van der Waals surface area contributed by atoms with Crippen molar-refractivity contribution in [3.8, 4) is 6.07 Å². The number of hydrogen-bond acceptors (Lipinski definition) is 3. The Kier molecular flexibility index (Phi) is 5.14. The highest BCUT2D eigenvalue weighted by Gasteiger charge is 2.22. The van der Waals surface area contributed by atoms with Crippen LogP contribution in [0.2, 0.25) is 0 Å². The molecule has 0 bridgehead atoms. The number of nitrogens with zero attached hydrogens (tertiary/aromatic N) is 2. The summed E-state index contributed by atoms with van der Waals surface area (Å²) in [6, 6.07) is 2.34. The van der Waals surface area contributed by atoms with E-state index in [1.165, 1.54) is 0 Å². The summed E-state index contributed by atoms with van der Waals surface area (Å²) in [6.07, 6.45) is 4.05. The summed E-state index contributed by atoms with van der Waals surface area (Å²) in [5.74, 6) is 0.636. The minimum Gasteiger partial charge on any atom is -0.303 e. The molecule has 0 aromatic carbocycles. The molecule has 96 valence electrons. The van der Waals surface area contributed by atoms with E-state index >= 15 is 0 Å². The van der Waals surface area contributed by atoms with Gasteiger partial charge in [0.25, 0.3) is 0 Å². The molecule has 0 saturated carbocycles. The Morgan fingerprint density at radius 1 is 1.41 bits per heavy atom. The Morgan fingerprint density at radius 2 is 2.00 bits per heavy atom. The molecule has 0 aromatic heterocycles. The van der Waals surface area contributed by atoms with Crippen LogP contribution in [-0.2, 0) is 4.79 Å². The molecule has 0 spiro atoms. The minimum atomic E-state index is -0.197. The molecule has 0 aliphatic carbocycles. The molecule has 1 fully saturated rings. The lowest BCUT2D eigenvalue weighted by Gasteiger charge is -2.31. The summed E-state index contributed by atoms with van der Waals surface area (Å²) < 4.78 is 0. The summed E-state index contributed by atoms with van der Waals surface area (Å²) in [6.45, 7) is 8.84. The first-order valence-electron chi connectivity index (χ1n) is 6.59. The van der Waals surface area contributed by atoms with E-state index in [1.54, 1.807) is 6.92 Å². The molecule has 0 radical (unpaired) electrons. The van der Waals surface area contributed by atoms with Gasteiger partial charge in [0.1, 0.15) is 5.78 Å². The maximum absolute atomic E-state index is 11.2. The average Bonchev–Trinajstić information content (AvgIpc) is 2.29. The zero-order valence-electron chi connectivity index (χ0n) is 11.3. The van der Waals surface area contributed by atoms with Gasteiger partial charge in [-0.1, -0.05) is 0 Å². The number of carbonyl (C=O) groups excluding carboxylic acids is 1. The molecule has 1 aliphatic rings. The van der Waals surface area contributed by atoms with Gasteiger partial charge in [0.2, 0.25) is 0 Å². The number of rotatable bonds is 5. The fraction of sp³-hybridized carbons (Fsp3) is 0.857. The molecular weight excluding hydrogens is 212 g/mol. The fourth-order valence-corrected chi connectivity index (χ4v) is 2.36. The lowest BCUT2D eigenvalue weighted by molar-refractivity contribution is -0.122. The van der Waals surface area contributed by atoms with Crippen molar-refractivity contribution in [2.75, 3.05) is 19.6 Å². The first-order chi connectivity index (χ1) is 7.94. The predicted octanol–water partition coefficient (Wildman–Crippen LogP) is 2.62. The number of ketones is 1. The van der Waals surface area contributed by atoms with E-state index in [-0.39, 0.29) is 5.41 Å². The third kappa shape index (κ3) is 4.87. The summed E-state index contributed by atoms with van der Waals surface area (Å²) in [5.41, 5.74) is -0.197. The van der Waals surface area contributed by atoms with E-state index in [9.17, 15) is 4.79 Å². The molecule has 1 heterocycles. The highest BCUT2D eigenvalue weighted by molar-refractivity contribution is 5.78. The lowest BCUT2D eigenvalue weighted by atomic mass is 9.89. The summed E-state index contributed by atoms with van der Waals surface area (Å²) in [5, 5.41) is 8.93. The molecule has 1 aliphatic heterocycles. The van der Waals surface area contributed by atoms with Gasteiger partial charge in [-0.15, -0.1) is 0 Å². The topological polar surface area (TPSA) is 44.1 Å². The second kappa shape index (κ2) is 6.16. The largest absolute Gasteiger partial charge is 0.303 e. The zero-order chi connectivity index (χ0) is 12.9. The van der Waals surface area contributed by atoms with Crippen LogP contribution >= 0.6 is 0 Å². The van der Waals surface area contributed by atoms with Gasteiger partial charge in [-0.3, -0.25) is 4.79 Å². The number of nitriles is 1. The van der Waals surface area contributed by atoms with Crippen molar-refractivity contribution >= 4 is 5.78 Å². The monoisotopic (exact) mass is 236 g/mol. The Bertz CT molecular complexity index is 296. The van der Waals surface area contributed by atoms with Gasteiger partial charge >= 0.3 is 0 Å². The number of likely N-dealkylation sites (tertiary alicyclic amines) is 1. The first kappa shape index (κ1) is 14.2. The van der Waals surface area contributed by atoms with Crippen molar-refractivity contribution in [2.45, 2.75) is 46.5 Å². The van der Waals surface area contributed by atoms with Crippen molar-refractivity contribution in [2.24, 2.45) is 11.3 Å². The second-order valence-electron chi connectivity index (χ2n) is 5.83. The summed E-state index contributed by atoms with van der Waals surface area (Å²) in [4.78, 5) is 13.7. The molecule has 0 atom stereocenters. The van der Waals surface area contributed by atoms with Crippen molar-refractivity contribution in [1.82, 2.24) is 4.90 Å². The van der Waals surface area contributed by atoms with E-state index in [0.29, 0.717) is 11.7 Å². The standard InChI is InChI=1S/C14H24N2O/c1-12(17)13-5-9-16(10-6-13)8-4-7-14(2,3)11-15/h13H,4-10H2,1-3H3. The summed E-state index contributed by atoms with van der Waals surface area (Å²) in [7, 11) is 0. The van der Waals surface area contributed by atoms with Gasteiger partial charge < -0.3 is 4.90 Å². The average molecular weight is 236 g/mol. The van der Waals surface area contributed by atoms with Crippen LogP contribution in [0.5, 0.6) is 0 Å². The van der Waals surface area contributed by atoms with E-state index in [1.807, 2.05) is 13.8 Å². The Balaban J connectivity index is 2.19. The highest BCUT2D eigenvalue weighted by Crippen LogP contribution is 2.22. The Labute approximate surface area is 105 Å². The molecule has 1 saturated heterocycles. The molecule has 3 nitrogen and oxygen atoms in total. The van der Waals surface area contributed by atoms with Gasteiger partial charge in [0.05, 0.1) is 11.5 Å². The van der Waals surface area contributed by atoms with Crippen LogP contribution in [-0.4, -0.2) is 30.3 Å². The second-order valence-corrected chi connectivity index (χ2v) is 5.83. The molecule has 0 amide bonds. The van der Waals surface area contributed by atoms with E-state index in [2.05, 4.69) is 11.0 Å². The van der Waals surface area contributed by atoms with E-state index in [0.717, 1.165) is 45.3 Å². The quantitative estimate of drug-likeness (QED) is 0.737. The van der Waals surface area contributed by atoms with Crippen LogP contribution in [0.1, 0.15) is 46.5 Å².